The van der Waals surface area contributed by atoms with E-state index in [1.165, 1.54) is 0 Å². The Labute approximate surface area is 376 Å². The van der Waals surface area contributed by atoms with Gasteiger partial charge >= 0.3 is 0 Å². The van der Waals surface area contributed by atoms with E-state index in [1.54, 1.807) is 9.13 Å². The molecule has 7 nitrogen and oxygen atoms in total. The second-order valence-electron chi connectivity index (χ2n) is 15.8. The van der Waals surface area contributed by atoms with Crippen molar-refractivity contribution in [1.29, 1.82) is 0 Å². The minimum absolute atomic E-state index is 0.0113. The Kier molecular flexibility index (Phi) is 5.82. The van der Waals surface area contributed by atoms with E-state index < -0.39 is 12.1 Å². The molecule has 0 atom stereocenters. The topological polar surface area (TPSA) is 66.6 Å². The lowest BCUT2D eigenvalue weighted by Gasteiger charge is -2.19. The van der Waals surface area contributed by atoms with Gasteiger partial charge < -0.3 is 8.98 Å². The monoisotopic (exact) mass is 826 g/mol. The number of aromatic nitrogens is 6. The summed E-state index contributed by atoms with van der Waals surface area (Å²) in [6.07, 6.45) is 0. The van der Waals surface area contributed by atoms with Gasteiger partial charge in [0.25, 0.3) is 0 Å². The molecule has 298 valence electrons. The van der Waals surface area contributed by atoms with Crippen LogP contribution in [0, 0.1) is 0 Å². The highest BCUT2D eigenvalue weighted by Crippen LogP contribution is 2.43. The summed E-state index contributed by atoms with van der Waals surface area (Å²) in [5, 5.41) is 5.62. The Morgan fingerprint density at radius 1 is 0.375 bits per heavy atom. The van der Waals surface area contributed by atoms with E-state index in [9.17, 15) is 5.48 Å². The van der Waals surface area contributed by atoms with Crippen LogP contribution in [0.1, 0.15) is 11.0 Å². The summed E-state index contributed by atoms with van der Waals surface area (Å²) >= 11 is 0. The highest BCUT2D eigenvalue weighted by molar-refractivity contribution is 6.12. The first-order chi connectivity index (χ1) is 35.1. The summed E-state index contributed by atoms with van der Waals surface area (Å²) in [6.45, 7) is 0. The van der Waals surface area contributed by atoms with Gasteiger partial charge in [-0.05, 0) is 71.7 Å². The minimum Gasteiger partial charge on any atom is -0.456 e. The lowest BCUT2D eigenvalue weighted by atomic mass is 9.95. The van der Waals surface area contributed by atoms with E-state index in [1.807, 2.05) is 127 Å². The Bertz CT molecular complexity index is 4500. The summed E-state index contributed by atoms with van der Waals surface area (Å²) in [5.74, 6) is 0.202. The molecule has 0 radical (unpaired) electrons. The zero-order chi connectivity index (χ0) is 48.8. The van der Waals surface area contributed by atoms with Crippen molar-refractivity contribution < 1.29 is 15.4 Å². The minimum atomic E-state index is -0.425. The molecule has 5 aromatic heterocycles. The van der Waals surface area contributed by atoms with Crippen molar-refractivity contribution >= 4 is 87.4 Å². The second-order valence-corrected chi connectivity index (χ2v) is 15.8. The predicted octanol–water partition coefficient (Wildman–Crippen LogP) is 14.4. The molecule has 0 unspecified atom stereocenters. The number of nitrogens with zero attached hydrogens (tertiary/aromatic N) is 6. The first-order valence-electron chi connectivity index (χ1n) is 24.9. The molecule has 0 aliphatic rings. The maximum absolute atomic E-state index is 9.43. The largest absolute Gasteiger partial charge is 0.456 e. The summed E-state index contributed by atoms with van der Waals surface area (Å²) in [6, 6.07) is 48.4. The number of hydrogen-bond donors (Lipinski definition) is 0. The molecule has 9 aromatic carbocycles. The van der Waals surface area contributed by atoms with E-state index in [-0.39, 0.29) is 75.8 Å². The first-order valence-corrected chi connectivity index (χ1v) is 20.9. The Hall–Kier alpha value is -8.81. The molecule has 64 heavy (non-hydrogen) atoms. The highest BCUT2D eigenvalue weighted by Gasteiger charge is 2.25. The highest BCUT2D eigenvalue weighted by atomic mass is 16.3. The van der Waals surface area contributed by atoms with E-state index >= 15 is 0 Å². The van der Waals surface area contributed by atoms with Gasteiger partial charge in [0, 0.05) is 43.1 Å². The number of benzene rings is 9. The molecule has 14 aromatic rings. The Balaban J connectivity index is 1.19. The number of fused-ring (bicyclic) bond motifs is 12. The van der Waals surface area contributed by atoms with Crippen molar-refractivity contribution in [3.05, 3.63) is 206 Å². The molecule has 0 fully saturated rings. The number of rotatable bonds is 5. The molecule has 0 bridgehead atoms. The van der Waals surface area contributed by atoms with Crippen LogP contribution in [0.15, 0.2) is 210 Å². The van der Waals surface area contributed by atoms with Crippen LogP contribution in [-0.4, -0.2) is 28.7 Å². The Morgan fingerprint density at radius 3 is 1.45 bits per heavy atom. The molecule has 0 spiro atoms. The zero-order valence-corrected chi connectivity index (χ0v) is 33.6. The van der Waals surface area contributed by atoms with Crippen molar-refractivity contribution in [2.24, 2.45) is 0 Å². The van der Waals surface area contributed by atoms with Crippen LogP contribution in [0.2, 0.25) is 0 Å². The van der Waals surface area contributed by atoms with Gasteiger partial charge in [-0.1, -0.05) is 145 Å². The van der Waals surface area contributed by atoms with Gasteiger partial charge in [-0.25, -0.2) is 0 Å². The summed E-state index contributed by atoms with van der Waals surface area (Å²) in [5.41, 5.74) is 7.56. The van der Waals surface area contributed by atoms with Crippen LogP contribution in [0.4, 0.5) is 0 Å². The van der Waals surface area contributed by atoms with E-state index in [0.29, 0.717) is 27.4 Å². The van der Waals surface area contributed by atoms with Crippen LogP contribution < -0.4 is 0 Å². The standard InChI is InChI=1S/C57H34N6O/c1-8-24-45-37(16-1)38-17-2-9-25-46(38)61(45)51-30-15-23-36(35-32-33-53-44(34-35)43-22-7-14-31-52(43)64-53)54(51)55-58-56(62-47-26-10-3-18-39(47)40-19-4-11-27-48(40)62)60-57(59-55)63-49-28-12-5-20-41(49)42-21-6-13-29-50(42)63/h1-34H/i3D,5D,10D,12D,18D,20D,26D,28D. The summed E-state index contributed by atoms with van der Waals surface area (Å²) < 4.78 is 84.3. The molecule has 0 aliphatic carbocycles. The predicted molar refractivity (Wildman–Crippen MR) is 261 cm³/mol. The van der Waals surface area contributed by atoms with Gasteiger partial charge in [0.15, 0.2) is 5.82 Å². The fourth-order valence-corrected chi connectivity index (χ4v) is 9.70. The maximum atomic E-state index is 9.43. The van der Waals surface area contributed by atoms with Gasteiger partial charge in [-0.3, -0.25) is 9.13 Å². The number of furan rings is 1. The fraction of sp³-hybridized carbons (Fsp3) is 0. The average Bonchev–Trinajstić information content (AvgIpc) is 4.17. The SMILES string of the molecule is [2H]c1c([2H])c([2H])c2c(c1[2H])c1ccccc1n2-c1nc(-c2c(-c3ccc4oc5ccccc5c4c3)cccc2-n2c3ccccc3c3ccccc32)nc(-n2c3ccccc3c3c([2H])c([2H])c([2H])c([2H])c32)n1. The first kappa shape index (κ1) is 27.9. The van der Waals surface area contributed by atoms with Crippen LogP contribution in [-0.2, 0) is 0 Å². The summed E-state index contributed by atoms with van der Waals surface area (Å²) in [4.78, 5) is 16.1. The average molecular weight is 827 g/mol. The molecular formula is C57H34N6O. The van der Waals surface area contributed by atoms with Crippen LogP contribution in [0.3, 0.4) is 0 Å². The molecular weight excluding hydrogens is 785 g/mol. The van der Waals surface area contributed by atoms with Crippen molar-refractivity contribution in [3.8, 4) is 40.1 Å². The number of hydrogen-bond acceptors (Lipinski definition) is 4. The van der Waals surface area contributed by atoms with Crippen LogP contribution in [0.5, 0.6) is 0 Å². The fourth-order valence-electron chi connectivity index (χ4n) is 9.70. The molecule has 0 aliphatic heterocycles. The van der Waals surface area contributed by atoms with Crippen LogP contribution >= 0.6 is 0 Å². The zero-order valence-electron chi connectivity index (χ0n) is 41.6. The molecule has 0 N–H and O–H groups in total. The Morgan fingerprint density at radius 2 is 0.859 bits per heavy atom. The van der Waals surface area contributed by atoms with Gasteiger partial charge in [0.05, 0.1) is 55.3 Å². The molecule has 0 saturated heterocycles. The maximum Gasteiger partial charge on any atom is 0.240 e. The van der Waals surface area contributed by atoms with Gasteiger partial charge in [-0.15, -0.1) is 0 Å². The molecule has 7 heteroatoms. The van der Waals surface area contributed by atoms with Gasteiger partial charge in [-0.2, -0.15) is 15.0 Å². The van der Waals surface area contributed by atoms with Crippen molar-refractivity contribution in [2.75, 3.05) is 0 Å². The smallest absolute Gasteiger partial charge is 0.240 e. The molecule has 0 saturated carbocycles. The third-order valence-electron chi connectivity index (χ3n) is 12.4. The quantitative estimate of drug-likeness (QED) is 0.173. The summed E-state index contributed by atoms with van der Waals surface area (Å²) in [7, 11) is 0. The van der Waals surface area contributed by atoms with Crippen molar-refractivity contribution in [3.63, 3.8) is 0 Å². The normalized spacial score (nSPS) is 13.8. The molecule has 14 rings (SSSR count). The number of para-hydroxylation sites is 7. The molecule has 0 amide bonds. The van der Waals surface area contributed by atoms with E-state index in [2.05, 4.69) is 34.9 Å². The van der Waals surface area contributed by atoms with Crippen LogP contribution in [0.25, 0.3) is 127 Å². The third kappa shape index (κ3) is 4.94. The van der Waals surface area contributed by atoms with Gasteiger partial charge in [0.2, 0.25) is 11.9 Å². The van der Waals surface area contributed by atoms with E-state index in [4.69, 9.17) is 24.9 Å². The van der Waals surface area contributed by atoms with E-state index in [0.717, 1.165) is 60.6 Å². The lowest BCUT2D eigenvalue weighted by Crippen LogP contribution is -2.11. The molecule has 5 heterocycles. The van der Waals surface area contributed by atoms with Crippen molar-refractivity contribution in [2.45, 2.75) is 0 Å². The second kappa shape index (κ2) is 13.3. The lowest BCUT2D eigenvalue weighted by molar-refractivity contribution is 0.669. The van der Waals surface area contributed by atoms with Gasteiger partial charge in [0.1, 0.15) is 11.2 Å². The van der Waals surface area contributed by atoms with Crippen molar-refractivity contribution in [1.82, 2.24) is 28.7 Å². The third-order valence-corrected chi connectivity index (χ3v) is 12.4.